The van der Waals surface area contributed by atoms with E-state index in [1.807, 2.05) is 19.2 Å². The molecule has 0 radical (unpaired) electrons. The molecule has 2 atom stereocenters. The van der Waals surface area contributed by atoms with Crippen molar-refractivity contribution in [3.63, 3.8) is 0 Å². The van der Waals surface area contributed by atoms with Crippen LogP contribution in [-0.2, 0) is 6.42 Å². The molecule has 0 heterocycles. The maximum absolute atomic E-state index is 13.0. The molecular weight excluding hydrogens is 261 g/mol. The van der Waals surface area contributed by atoms with Crippen molar-refractivity contribution in [2.24, 2.45) is 5.92 Å². The number of fused-ring (bicyclic) bond motifs is 1. The predicted octanol–water partition coefficient (Wildman–Crippen LogP) is 4.38. The fraction of sp³-hybridized carbons (Fsp3) is 0.368. The molecule has 2 aromatic rings. The minimum Gasteiger partial charge on any atom is -0.320 e. The molecule has 2 heteroatoms. The van der Waals surface area contributed by atoms with Gasteiger partial charge in [0.2, 0.25) is 0 Å². The van der Waals surface area contributed by atoms with Crippen LogP contribution in [-0.4, -0.2) is 13.6 Å². The van der Waals surface area contributed by atoms with Gasteiger partial charge in [-0.05, 0) is 72.7 Å². The van der Waals surface area contributed by atoms with Crippen LogP contribution in [0.15, 0.2) is 42.5 Å². The van der Waals surface area contributed by atoms with Gasteiger partial charge in [0.25, 0.3) is 0 Å². The molecular formula is C19H22FN. The highest BCUT2D eigenvalue weighted by atomic mass is 19.1. The highest BCUT2D eigenvalue weighted by molar-refractivity contribution is 5.65. The van der Waals surface area contributed by atoms with E-state index in [1.54, 1.807) is 0 Å². The Labute approximate surface area is 126 Å². The zero-order chi connectivity index (χ0) is 14.8. The SMILES string of the molecule is CNCCC1c2ccc(-c3ccc(F)cc3)cc2CC1C. The van der Waals surface area contributed by atoms with E-state index < -0.39 is 0 Å². The van der Waals surface area contributed by atoms with Gasteiger partial charge in [0, 0.05) is 0 Å². The van der Waals surface area contributed by atoms with Crippen LogP contribution in [0.1, 0.15) is 30.4 Å². The summed E-state index contributed by atoms with van der Waals surface area (Å²) in [5, 5.41) is 3.25. The summed E-state index contributed by atoms with van der Waals surface area (Å²) in [5.74, 6) is 1.19. The first-order chi connectivity index (χ1) is 10.2. The number of halogens is 1. The van der Waals surface area contributed by atoms with E-state index in [4.69, 9.17) is 0 Å². The van der Waals surface area contributed by atoms with Crippen molar-refractivity contribution >= 4 is 0 Å². The largest absolute Gasteiger partial charge is 0.320 e. The molecule has 21 heavy (non-hydrogen) atoms. The van der Waals surface area contributed by atoms with Gasteiger partial charge in [-0.1, -0.05) is 37.3 Å². The topological polar surface area (TPSA) is 12.0 Å². The van der Waals surface area contributed by atoms with Crippen LogP contribution in [0.2, 0.25) is 0 Å². The predicted molar refractivity (Wildman–Crippen MR) is 86.0 cm³/mol. The molecule has 0 amide bonds. The fourth-order valence-electron chi connectivity index (χ4n) is 3.50. The van der Waals surface area contributed by atoms with Crippen LogP contribution >= 0.6 is 0 Å². The molecule has 0 aromatic heterocycles. The third-order valence-electron chi connectivity index (χ3n) is 4.65. The zero-order valence-electron chi connectivity index (χ0n) is 12.7. The van der Waals surface area contributed by atoms with E-state index in [1.165, 1.54) is 35.2 Å². The van der Waals surface area contributed by atoms with Gasteiger partial charge in [-0.3, -0.25) is 0 Å². The molecule has 1 aliphatic carbocycles. The average Bonchev–Trinajstić information content (AvgIpc) is 2.80. The lowest BCUT2D eigenvalue weighted by molar-refractivity contribution is 0.463. The third-order valence-corrected chi connectivity index (χ3v) is 4.65. The molecule has 0 saturated heterocycles. The van der Waals surface area contributed by atoms with Gasteiger partial charge in [0.15, 0.2) is 0 Å². The minimum absolute atomic E-state index is 0.180. The molecule has 0 fully saturated rings. The van der Waals surface area contributed by atoms with E-state index in [2.05, 4.69) is 30.4 Å². The van der Waals surface area contributed by atoms with Gasteiger partial charge in [-0.2, -0.15) is 0 Å². The van der Waals surface area contributed by atoms with E-state index >= 15 is 0 Å². The normalized spacial score (nSPS) is 20.5. The Hall–Kier alpha value is -1.67. The molecule has 110 valence electrons. The van der Waals surface area contributed by atoms with E-state index in [0.29, 0.717) is 11.8 Å². The van der Waals surface area contributed by atoms with Gasteiger partial charge >= 0.3 is 0 Å². The zero-order valence-corrected chi connectivity index (χ0v) is 12.7. The molecule has 0 spiro atoms. The van der Waals surface area contributed by atoms with Crippen LogP contribution in [0.5, 0.6) is 0 Å². The summed E-state index contributed by atoms with van der Waals surface area (Å²) in [6.45, 7) is 3.41. The standard InChI is InChI=1S/C19H22FN/c1-13-11-16-12-15(14-3-6-17(20)7-4-14)5-8-19(16)18(13)9-10-21-2/h3-8,12-13,18,21H,9-11H2,1-2H3. The number of nitrogens with one attached hydrogen (secondary N) is 1. The van der Waals surface area contributed by atoms with Crippen LogP contribution in [0, 0.1) is 11.7 Å². The number of benzene rings is 2. The van der Waals surface area contributed by atoms with Crippen molar-refractivity contribution in [2.75, 3.05) is 13.6 Å². The molecule has 0 bridgehead atoms. The first-order valence-electron chi connectivity index (χ1n) is 7.72. The smallest absolute Gasteiger partial charge is 0.123 e. The third kappa shape index (κ3) is 2.86. The van der Waals surface area contributed by atoms with Gasteiger partial charge in [0.1, 0.15) is 5.82 Å². The second-order valence-corrected chi connectivity index (χ2v) is 6.10. The van der Waals surface area contributed by atoms with E-state index in [0.717, 1.165) is 18.5 Å². The van der Waals surface area contributed by atoms with Gasteiger partial charge < -0.3 is 5.32 Å². The second kappa shape index (κ2) is 5.98. The van der Waals surface area contributed by atoms with Crippen LogP contribution < -0.4 is 5.32 Å². The van der Waals surface area contributed by atoms with Crippen molar-refractivity contribution in [1.82, 2.24) is 5.32 Å². The number of hydrogen-bond donors (Lipinski definition) is 1. The summed E-state index contributed by atoms with van der Waals surface area (Å²) in [6.07, 6.45) is 2.35. The molecule has 1 N–H and O–H groups in total. The Kier molecular flexibility index (Phi) is 4.07. The number of rotatable bonds is 4. The summed E-state index contributed by atoms with van der Waals surface area (Å²) in [5.41, 5.74) is 5.25. The summed E-state index contributed by atoms with van der Waals surface area (Å²) in [7, 11) is 2.01. The van der Waals surface area contributed by atoms with Gasteiger partial charge in [-0.25, -0.2) is 4.39 Å². The van der Waals surface area contributed by atoms with E-state index in [9.17, 15) is 4.39 Å². The first-order valence-corrected chi connectivity index (χ1v) is 7.72. The maximum Gasteiger partial charge on any atom is 0.123 e. The lowest BCUT2D eigenvalue weighted by Crippen LogP contribution is -2.14. The van der Waals surface area contributed by atoms with Gasteiger partial charge in [0.05, 0.1) is 0 Å². The fourth-order valence-corrected chi connectivity index (χ4v) is 3.50. The van der Waals surface area contributed by atoms with Crippen molar-refractivity contribution in [2.45, 2.75) is 25.7 Å². The van der Waals surface area contributed by atoms with Gasteiger partial charge in [-0.15, -0.1) is 0 Å². The number of hydrogen-bond acceptors (Lipinski definition) is 1. The van der Waals surface area contributed by atoms with Crippen molar-refractivity contribution in [3.05, 3.63) is 59.4 Å². The van der Waals surface area contributed by atoms with Crippen molar-refractivity contribution < 1.29 is 4.39 Å². The highest BCUT2D eigenvalue weighted by Crippen LogP contribution is 2.41. The Morgan fingerprint density at radius 2 is 1.81 bits per heavy atom. The molecule has 0 saturated carbocycles. The molecule has 2 unspecified atom stereocenters. The minimum atomic E-state index is -0.180. The summed E-state index contributed by atoms with van der Waals surface area (Å²) in [4.78, 5) is 0. The second-order valence-electron chi connectivity index (χ2n) is 6.10. The van der Waals surface area contributed by atoms with Crippen LogP contribution in [0.4, 0.5) is 4.39 Å². The lowest BCUT2D eigenvalue weighted by atomic mass is 9.90. The first kappa shape index (κ1) is 14.3. The van der Waals surface area contributed by atoms with Crippen LogP contribution in [0.3, 0.4) is 0 Å². The molecule has 1 aliphatic rings. The Morgan fingerprint density at radius 3 is 2.52 bits per heavy atom. The average molecular weight is 283 g/mol. The quantitative estimate of drug-likeness (QED) is 0.878. The van der Waals surface area contributed by atoms with Crippen molar-refractivity contribution in [3.8, 4) is 11.1 Å². The Morgan fingerprint density at radius 1 is 1.10 bits per heavy atom. The van der Waals surface area contributed by atoms with E-state index in [-0.39, 0.29) is 5.82 Å². The Bertz CT molecular complexity index is 618. The summed E-state index contributed by atoms with van der Waals surface area (Å²) < 4.78 is 13.0. The Balaban J connectivity index is 1.89. The molecule has 1 nitrogen and oxygen atoms in total. The monoisotopic (exact) mass is 283 g/mol. The highest BCUT2D eigenvalue weighted by Gasteiger charge is 2.28. The molecule has 2 aromatic carbocycles. The van der Waals surface area contributed by atoms with Crippen LogP contribution in [0.25, 0.3) is 11.1 Å². The molecule has 3 rings (SSSR count). The lowest BCUT2D eigenvalue weighted by Gasteiger charge is -2.16. The maximum atomic E-state index is 13.0. The van der Waals surface area contributed by atoms with Crippen molar-refractivity contribution in [1.29, 1.82) is 0 Å². The molecule has 0 aliphatic heterocycles. The summed E-state index contributed by atoms with van der Waals surface area (Å²) in [6, 6.07) is 13.5. The summed E-state index contributed by atoms with van der Waals surface area (Å²) >= 11 is 0.